The van der Waals surface area contributed by atoms with E-state index in [1.807, 2.05) is 0 Å². The zero-order valence-corrected chi connectivity index (χ0v) is 20.3. The van der Waals surface area contributed by atoms with Gasteiger partial charge in [0.25, 0.3) is 0 Å². The number of hydrogen-bond donors (Lipinski definition) is 9. The molecule has 0 aromatic heterocycles. The van der Waals surface area contributed by atoms with Gasteiger partial charge in [-0.05, 0) is 6.42 Å². The lowest BCUT2D eigenvalue weighted by molar-refractivity contribution is 0.0895. The van der Waals surface area contributed by atoms with Crippen molar-refractivity contribution in [3.05, 3.63) is 0 Å². The van der Waals surface area contributed by atoms with E-state index < -0.39 is 0 Å². The van der Waals surface area contributed by atoms with Gasteiger partial charge in [-0.1, -0.05) is 64.7 Å². The molecule has 0 atom stereocenters. The molecule has 0 amide bonds. The van der Waals surface area contributed by atoms with Gasteiger partial charge in [0.2, 0.25) is 0 Å². The van der Waals surface area contributed by atoms with Gasteiger partial charge in [0, 0.05) is 6.61 Å². The standard InChI is InChI=1S/C14H30O2.4C2H6O2/c1-2-3-4-5-6-7-8-9-10-11-13-16-14-12-15;4*3-1-2-4/h15H,2-14H2,1H3;4*3-4H,1-2H2. The van der Waals surface area contributed by atoms with Crippen molar-refractivity contribution in [1.82, 2.24) is 0 Å². The van der Waals surface area contributed by atoms with Crippen molar-refractivity contribution in [2.24, 2.45) is 0 Å². The average Bonchev–Trinajstić information content (AvgIpc) is 2.85. The predicted octanol–water partition coefficient (Wildman–Crippen LogP) is -0.200. The van der Waals surface area contributed by atoms with Gasteiger partial charge in [0.05, 0.1) is 66.1 Å². The summed E-state index contributed by atoms with van der Waals surface area (Å²) >= 11 is 0. The zero-order valence-electron chi connectivity index (χ0n) is 20.3. The first-order chi connectivity index (χ1) is 15.6. The van der Waals surface area contributed by atoms with Gasteiger partial charge in [0.15, 0.2) is 0 Å². The van der Waals surface area contributed by atoms with Gasteiger partial charge in [-0.3, -0.25) is 0 Å². The third-order valence-electron chi connectivity index (χ3n) is 3.28. The van der Waals surface area contributed by atoms with Crippen molar-refractivity contribution in [2.75, 3.05) is 72.7 Å². The van der Waals surface area contributed by atoms with Crippen LogP contribution >= 0.6 is 0 Å². The number of hydrogen-bond acceptors (Lipinski definition) is 10. The van der Waals surface area contributed by atoms with Crippen molar-refractivity contribution < 1.29 is 50.7 Å². The molecule has 0 aliphatic carbocycles. The van der Waals surface area contributed by atoms with Crippen LogP contribution < -0.4 is 0 Å². The van der Waals surface area contributed by atoms with Crippen molar-refractivity contribution in [2.45, 2.75) is 71.1 Å². The summed E-state index contributed by atoms with van der Waals surface area (Å²) in [7, 11) is 0. The van der Waals surface area contributed by atoms with Crippen LogP contribution in [0.5, 0.6) is 0 Å². The first-order valence-electron chi connectivity index (χ1n) is 11.6. The Morgan fingerprint density at radius 2 is 0.625 bits per heavy atom. The molecule has 0 radical (unpaired) electrons. The molecule has 0 aliphatic heterocycles. The van der Waals surface area contributed by atoms with Crippen LogP contribution in [0.2, 0.25) is 0 Å². The van der Waals surface area contributed by atoms with E-state index in [4.69, 9.17) is 50.7 Å². The minimum absolute atomic E-state index is 0.125. The third-order valence-corrected chi connectivity index (χ3v) is 3.28. The third kappa shape index (κ3) is 87.9. The summed E-state index contributed by atoms with van der Waals surface area (Å²) in [4.78, 5) is 0. The second-order valence-corrected chi connectivity index (χ2v) is 6.31. The molecule has 0 rings (SSSR count). The molecule has 0 spiro atoms. The number of rotatable bonds is 17. The normalized spacial score (nSPS) is 9.19. The van der Waals surface area contributed by atoms with Crippen LogP contribution in [-0.4, -0.2) is 119 Å². The van der Waals surface area contributed by atoms with Gasteiger partial charge in [-0.25, -0.2) is 0 Å². The van der Waals surface area contributed by atoms with E-state index in [0.717, 1.165) is 13.0 Å². The van der Waals surface area contributed by atoms with Crippen molar-refractivity contribution in [3.63, 3.8) is 0 Å². The maximum absolute atomic E-state index is 8.50. The minimum atomic E-state index is -0.125. The molecule has 9 N–H and O–H groups in total. The highest BCUT2D eigenvalue weighted by Crippen LogP contribution is 2.10. The summed E-state index contributed by atoms with van der Waals surface area (Å²) in [6, 6.07) is 0. The van der Waals surface area contributed by atoms with Gasteiger partial charge in [-0.15, -0.1) is 0 Å². The van der Waals surface area contributed by atoms with E-state index in [1.165, 1.54) is 57.8 Å². The Balaban J connectivity index is -0.000000123. The molecule has 0 saturated carbocycles. The summed E-state index contributed by atoms with van der Waals surface area (Å²) < 4.78 is 5.20. The number of unbranched alkanes of at least 4 members (excludes halogenated alkanes) is 9. The average molecular weight is 479 g/mol. The Morgan fingerprint density at radius 3 is 0.875 bits per heavy atom. The van der Waals surface area contributed by atoms with Crippen LogP contribution in [0.4, 0.5) is 0 Å². The van der Waals surface area contributed by atoms with Crippen LogP contribution in [0.25, 0.3) is 0 Å². The molecule has 0 fully saturated rings. The van der Waals surface area contributed by atoms with Crippen LogP contribution in [0, 0.1) is 0 Å². The highest BCUT2D eigenvalue weighted by atomic mass is 16.5. The van der Waals surface area contributed by atoms with Crippen LogP contribution in [0.3, 0.4) is 0 Å². The highest BCUT2D eigenvalue weighted by Gasteiger charge is 1.92. The lowest BCUT2D eigenvalue weighted by atomic mass is 10.1. The summed E-state index contributed by atoms with van der Waals surface area (Å²) in [5.41, 5.74) is 0. The Bertz CT molecular complexity index is 187. The fraction of sp³-hybridized carbons (Fsp3) is 1.00. The Kier molecular flexibility index (Phi) is 75.1. The maximum Gasteiger partial charge on any atom is 0.0697 e. The lowest BCUT2D eigenvalue weighted by Crippen LogP contribution is -2.00. The Hall–Kier alpha value is -0.400. The highest BCUT2D eigenvalue weighted by molar-refractivity contribution is 4.47. The summed E-state index contributed by atoms with van der Waals surface area (Å²) in [6.07, 6.45) is 13.6. The molecular weight excluding hydrogens is 424 g/mol. The first kappa shape index (κ1) is 41.8. The monoisotopic (exact) mass is 478 g/mol. The van der Waals surface area contributed by atoms with Gasteiger partial charge in [0.1, 0.15) is 0 Å². The molecule has 0 aromatic rings. The molecule has 32 heavy (non-hydrogen) atoms. The topological polar surface area (TPSA) is 191 Å². The molecule has 202 valence electrons. The smallest absolute Gasteiger partial charge is 0.0697 e. The lowest BCUT2D eigenvalue weighted by Gasteiger charge is -2.03. The summed E-state index contributed by atoms with van der Waals surface area (Å²) in [5.74, 6) is 0. The fourth-order valence-electron chi connectivity index (χ4n) is 1.86. The van der Waals surface area contributed by atoms with Crippen molar-refractivity contribution in [1.29, 1.82) is 0 Å². The van der Waals surface area contributed by atoms with E-state index in [9.17, 15) is 0 Å². The molecule has 0 aromatic carbocycles. The number of aliphatic hydroxyl groups excluding tert-OH is 9. The SMILES string of the molecule is CCCCCCCCCCCCOCCO.OCCO.OCCO.OCCO.OCCO. The Morgan fingerprint density at radius 1 is 0.344 bits per heavy atom. The number of aliphatic hydroxyl groups is 9. The quantitative estimate of drug-likeness (QED) is 0.126. The van der Waals surface area contributed by atoms with Crippen molar-refractivity contribution >= 4 is 0 Å². The molecule has 10 heteroatoms. The number of ether oxygens (including phenoxy) is 1. The van der Waals surface area contributed by atoms with E-state index in [1.54, 1.807) is 0 Å². The van der Waals surface area contributed by atoms with E-state index >= 15 is 0 Å². The molecule has 0 aliphatic rings. The van der Waals surface area contributed by atoms with Gasteiger partial charge >= 0.3 is 0 Å². The second kappa shape index (κ2) is 57.5. The fourth-order valence-corrected chi connectivity index (χ4v) is 1.86. The zero-order chi connectivity index (χ0) is 25.6. The van der Waals surface area contributed by atoms with Crippen LogP contribution in [-0.2, 0) is 4.74 Å². The first-order valence-corrected chi connectivity index (χ1v) is 11.6. The van der Waals surface area contributed by atoms with E-state index in [-0.39, 0.29) is 59.5 Å². The molecular formula is C22H54O10. The molecule has 0 heterocycles. The second-order valence-electron chi connectivity index (χ2n) is 6.31. The maximum atomic E-state index is 8.50. The summed E-state index contributed by atoms with van der Waals surface area (Å²) in [6.45, 7) is 2.73. The summed E-state index contributed by atoms with van der Waals surface area (Å²) in [5, 5.41) is 69.5. The molecule has 0 bridgehead atoms. The van der Waals surface area contributed by atoms with Crippen molar-refractivity contribution in [3.8, 4) is 0 Å². The van der Waals surface area contributed by atoms with E-state index in [0.29, 0.717) is 6.61 Å². The van der Waals surface area contributed by atoms with Gasteiger partial charge < -0.3 is 50.7 Å². The molecule has 10 nitrogen and oxygen atoms in total. The van der Waals surface area contributed by atoms with Crippen LogP contribution in [0.1, 0.15) is 71.1 Å². The largest absolute Gasteiger partial charge is 0.394 e. The molecule has 0 unspecified atom stereocenters. The predicted molar refractivity (Wildman–Crippen MR) is 126 cm³/mol. The Labute approximate surface area is 195 Å². The van der Waals surface area contributed by atoms with E-state index in [2.05, 4.69) is 6.92 Å². The minimum Gasteiger partial charge on any atom is -0.394 e. The van der Waals surface area contributed by atoms with Gasteiger partial charge in [-0.2, -0.15) is 0 Å². The molecule has 0 saturated heterocycles. The van der Waals surface area contributed by atoms with Crippen LogP contribution in [0.15, 0.2) is 0 Å².